The molecule has 3 fully saturated rings. The van der Waals surface area contributed by atoms with Gasteiger partial charge >= 0.3 is 0 Å². The van der Waals surface area contributed by atoms with Crippen LogP contribution in [0.5, 0.6) is 0 Å². The van der Waals surface area contributed by atoms with Crippen molar-refractivity contribution in [3.05, 3.63) is 42.5 Å². The summed E-state index contributed by atoms with van der Waals surface area (Å²) in [4.78, 5) is 29.7. The lowest BCUT2D eigenvalue weighted by Gasteiger charge is -2.39. The number of carbonyl (C=O) groups excluding carboxylic acids is 2. The highest BCUT2D eigenvalue weighted by atomic mass is 16.2. The number of fused-ring (bicyclic) bond motifs is 1. The first kappa shape index (κ1) is 17.7. The van der Waals surface area contributed by atoms with Crippen molar-refractivity contribution in [3.8, 4) is 0 Å². The predicted octanol–water partition coefficient (Wildman–Crippen LogP) is 2.79. The van der Waals surface area contributed by atoms with Crippen molar-refractivity contribution in [2.24, 2.45) is 11.3 Å². The molecule has 5 nitrogen and oxygen atoms in total. The Kier molecular flexibility index (Phi) is 4.35. The van der Waals surface area contributed by atoms with Crippen molar-refractivity contribution >= 4 is 28.3 Å². The van der Waals surface area contributed by atoms with E-state index in [1.54, 1.807) is 0 Å². The maximum absolute atomic E-state index is 13.1. The molecule has 5 heteroatoms. The number of hydrogen-bond donors (Lipinski definition) is 1. The number of piperidine rings is 1. The van der Waals surface area contributed by atoms with Gasteiger partial charge in [0.2, 0.25) is 11.8 Å². The number of nitrogens with zero attached hydrogens (tertiary/aromatic N) is 2. The summed E-state index contributed by atoms with van der Waals surface area (Å²) in [7, 11) is 0. The van der Waals surface area contributed by atoms with Crippen LogP contribution in [-0.2, 0) is 9.59 Å². The van der Waals surface area contributed by atoms with E-state index >= 15 is 0 Å². The van der Waals surface area contributed by atoms with E-state index in [9.17, 15) is 9.59 Å². The molecule has 3 saturated heterocycles. The van der Waals surface area contributed by atoms with Gasteiger partial charge in [-0.2, -0.15) is 0 Å². The van der Waals surface area contributed by atoms with Gasteiger partial charge in [0.1, 0.15) is 0 Å². The standard InChI is InChI=1S/C23H27N3O2/c27-21-14-18(22(28)25-12-9-23(10-13-25)8-11-24-16-23)15-26(21)20-7-3-5-17-4-1-2-6-19(17)20/h1-7,18,24H,8-16H2. The molecule has 1 N–H and O–H groups in total. The molecule has 2 aromatic rings. The molecule has 0 aliphatic carbocycles. The van der Waals surface area contributed by atoms with Gasteiger partial charge in [-0.3, -0.25) is 9.59 Å². The first-order valence-corrected chi connectivity index (χ1v) is 10.4. The maximum atomic E-state index is 13.1. The summed E-state index contributed by atoms with van der Waals surface area (Å²) >= 11 is 0. The molecular formula is C23H27N3O2. The number of rotatable bonds is 2. The van der Waals surface area contributed by atoms with Gasteiger partial charge in [0, 0.05) is 38.0 Å². The van der Waals surface area contributed by atoms with Crippen molar-refractivity contribution in [3.63, 3.8) is 0 Å². The van der Waals surface area contributed by atoms with Crippen LogP contribution < -0.4 is 10.2 Å². The van der Waals surface area contributed by atoms with Crippen LogP contribution >= 0.6 is 0 Å². The van der Waals surface area contributed by atoms with Crippen molar-refractivity contribution in [1.29, 1.82) is 0 Å². The fourth-order valence-corrected chi connectivity index (χ4v) is 5.23. The largest absolute Gasteiger partial charge is 0.342 e. The Morgan fingerprint density at radius 2 is 1.82 bits per heavy atom. The van der Waals surface area contributed by atoms with E-state index in [0.29, 0.717) is 18.4 Å². The van der Waals surface area contributed by atoms with Gasteiger partial charge in [0.05, 0.1) is 11.6 Å². The number of nitrogens with one attached hydrogen (secondary N) is 1. The highest BCUT2D eigenvalue weighted by Gasteiger charge is 2.42. The summed E-state index contributed by atoms with van der Waals surface area (Å²) in [5, 5.41) is 5.66. The molecule has 3 heterocycles. The van der Waals surface area contributed by atoms with E-state index in [2.05, 4.69) is 17.4 Å². The molecule has 0 radical (unpaired) electrons. The molecule has 0 aromatic heterocycles. The lowest BCUT2D eigenvalue weighted by molar-refractivity contribution is -0.137. The average Bonchev–Trinajstić information content (AvgIpc) is 3.34. The number of carbonyl (C=O) groups is 2. The topological polar surface area (TPSA) is 52.7 Å². The minimum Gasteiger partial charge on any atom is -0.342 e. The molecule has 28 heavy (non-hydrogen) atoms. The third kappa shape index (κ3) is 2.98. The zero-order chi connectivity index (χ0) is 19.1. The number of likely N-dealkylation sites (tertiary alicyclic amines) is 1. The fourth-order valence-electron chi connectivity index (χ4n) is 5.23. The van der Waals surface area contributed by atoms with Crippen LogP contribution in [0.3, 0.4) is 0 Å². The van der Waals surface area contributed by atoms with Gasteiger partial charge in [0.25, 0.3) is 0 Å². The van der Waals surface area contributed by atoms with Crippen LogP contribution in [0.2, 0.25) is 0 Å². The Hall–Kier alpha value is -2.40. The third-order valence-corrected chi connectivity index (χ3v) is 7.00. The third-order valence-electron chi connectivity index (χ3n) is 7.00. The molecule has 1 unspecified atom stereocenters. The minimum absolute atomic E-state index is 0.0585. The molecule has 5 rings (SSSR count). The van der Waals surface area contributed by atoms with Gasteiger partial charge in [-0.15, -0.1) is 0 Å². The van der Waals surface area contributed by atoms with Crippen LogP contribution in [-0.4, -0.2) is 49.4 Å². The predicted molar refractivity (Wildman–Crippen MR) is 110 cm³/mol. The quantitative estimate of drug-likeness (QED) is 0.876. The van der Waals surface area contributed by atoms with Crippen molar-refractivity contribution in [2.45, 2.75) is 25.7 Å². The molecule has 146 valence electrons. The number of anilines is 1. The van der Waals surface area contributed by atoms with E-state index in [1.807, 2.05) is 40.1 Å². The number of amides is 2. The number of benzene rings is 2. The molecule has 1 spiro atoms. The normalized spacial score (nSPS) is 24.4. The average molecular weight is 377 g/mol. The summed E-state index contributed by atoms with van der Waals surface area (Å²) in [5.41, 5.74) is 1.32. The lowest BCUT2D eigenvalue weighted by Crippen LogP contribution is -2.46. The van der Waals surface area contributed by atoms with Gasteiger partial charge in [-0.1, -0.05) is 36.4 Å². The molecular weight excluding hydrogens is 350 g/mol. The summed E-state index contributed by atoms with van der Waals surface area (Å²) in [6.45, 7) is 4.35. The Labute approximate surface area is 165 Å². The Balaban J connectivity index is 1.30. The number of hydrogen-bond acceptors (Lipinski definition) is 3. The lowest BCUT2D eigenvalue weighted by atomic mass is 9.77. The molecule has 0 bridgehead atoms. The Morgan fingerprint density at radius 1 is 1.04 bits per heavy atom. The van der Waals surface area contributed by atoms with Gasteiger partial charge in [0.15, 0.2) is 0 Å². The Morgan fingerprint density at radius 3 is 2.61 bits per heavy atom. The smallest absolute Gasteiger partial charge is 0.228 e. The second-order valence-electron chi connectivity index (χ2n) is 8.66. The summed E-state index contributed by atoms with van der Waals surface area (Å²) in [6, 6.07) is 14.1. The first-order valence-electron chi connectivity index (χ1n) is 10.4. The maximum Gasteiger partial charge on any atom is 0.228 e. The van der Waals surface area contributed by atoms with E-state index in [1.165, 1.54) is 6.42 Å². The fraction of sp³-hybridized carbons (Fsp3) is 0.478. The van der Waals surface area contributed by atoms with E-state index in [0.717, 1.165) is 55.5 Å². The van der Waals surface area contributed by atoms with E-state index < -0.39 is 0 Å². The molecule has 1 atom stereocenters. The van der Waals surface area contributed by atoms with Gasteiger partial charge < -0.3 is 15.1 Å². The summed E-state index contributed by atoms with van der Waals surface area (Å²) < 4.78 is 0. The molecule has 2 aromatic carbocycles. The highest BCUT2D eigenvalue weighted by molar-refractivity contribution is 6.07. The zero-order valence-corrected chi connectivity index (χ0v) is 16.2. The summed E-state index contributed by atoms with van der Waals surface area (Å²) in [5.74, 6) is 0.00212. The van der Waals surface area contributed by atoms with Crippen LogP contribution in [0.4, 0.5) is 5.69 Å². The zero-order valence-electron chi connectivity index (χ0n) is 16.2. The van der Waals surface area contributed by atoms with Crippen LogP contribution in [0, 0.1) is 11.3 Å². The van der Waals surface area contributed by atoms with Crippen molar-refractivity contribution < 1.29 is 9.59 Å². The van der Waals surface area contributed by atoms with E-state index in [-0.39, 0.29) is 17.7 Å². The van der Waals surface area contributed by atoms with Crippen molar-refractivity contribution in [1.82, 2.24) is 10.2 Å². The van der Waals surface area contributed by atoms with Crippen molar-refractivity contribution in [2.75, 3.05) is 37.6 Å². The highest BCUT2D eigenvalue weighted by Crippen LogP contribution is 2.38. The van der Waals surface area contributed by atoms with Crippen LogP contribution in [0.15, 0.2) is 42.5 Å². The molecule has 0 saturated carbocycles. The SMILES string of the molecule is O=C(C1CC(=O)N(c2cccc3ccccc23)C1)N1CCC2(CCNC2)CC1. The minimum atomic E-state index is -0.220. The molecule has 3 aliphatic heterocycles. The second-order valence-corrected chi connectivity index (χ2v) is 8.66. The molecule has 3 aliphatic rings. The van der Waals surface area contributed by atoms with E-state index in [4.69, 9.17) is 0 Å². The first-order chi connectivity index (χ1) is 13.7. The van der Waals surface area contributed by atoms with Gasteiger partial charge in [-0.05, 0) is 42.7 Å². The van der Waals surface area contributed by atoms with Crippen LogP contribution in [0.25, 0.3) is 10.8 Å². The monoisotopic (exact) mass is 377 g/mol. The van der Waals surface area contributed by atoms with Crippen LogP contribution in [0.1, 0.15) is 25.7 Å². The Bertz CT molecular complexity index is 904. The summed E-state index contributed by atoms with van der Waals surface area (Å²) in [6.07, 6.45) is 3.72. The second kappa shape index (κ2) is 6.89. The van der Waals surface area contributed by atoms with Gasteiger partial charge in [-0.25, -0.2) is 0 Å². The molecule has 2 amide bonds.